The van der Waals surface area contributed by atoms with Gasteiger partial charge in [0, 0.05) is 10.9 Å². The Morgan fingerprint density at radius 2 is 1.95 bits per heavy atom. The van der Waals surface area contributed by atoms with Crippen molar-refractivity contribution in [3.8, 4) is 0 Å². The second-order valence-electron chi connectivity index (χ2n) is 7.33. The first-order valence-corrected chi connectivity index (χ1v) is 9.71. The molecule has 2 aliphatic rings. The highest BCUT2D eigenvalue weighted by atomic mass is 32.1. The number of nitrogens with zero attached hydrogens (tertiary/aromatic N) is 1. The molecule has 1 saturated carbocycles. The Kier molecular flexibility index (Phi) is 4.70. The minimum absolute atomic E-state index is 0.168. The summed E-state index contributed by atoms with van der Waals surface area (Å²) in [5.74, 6) is 0.932. The SMILES string of the molecule is CCC1CCC(NC(C)C)(c2nc3c(s2)CCCC3)CC1. The van der Waals surface area contributed by atoms with E-state index in [1.165, 1.54) is 68.5 Å². The molecule has 2 aliphatic carbocycles. The summed E-state index contributed by atoms with van der Waals surface area (Å²) in [6.07, 6.45) is 11.8. The minimum Gasteiger partial charge on any atom is -0.303 e. The van der Waals surface area contributed by atoms with Crippen LogP contribution in [-0.2, 0) is 18.4 Å². The third-order valence-corrected chi connectivity index (χ3v) is 6.72. The smallest absolute Gasteiger partial charge is 0.113 e. The Morgan fingerprint density at radius 3 is 2.57 bits per heavy atom. The molecular formula is C18H30N2S. The highest BCUT2D eigenvalue weighted by molar-refractivity contribution is 7.11. The van der Waals surface area contributed by atoms with E-state index in [2.05, 4.69) is 26.1 Å². The van der Waals surface area contributed by atoms with Crippen LogP contribution in [0.5, 0.6) is 0 Å². The molecule has 0 radical (unpaired) electrons. The van der Waals surface area contributed by atoms with Gasteiger partial charge < -0.3 is 5.32 Å². The predicted molar refractivity (Wildman–Crippen MR) is 91.0 cm³/mol. The maximum atomic E-state index is 5.11. The molecule has 3 rings (SSSR count). The molecule has 0 saturated heterocycles. The number of fused-ring (bicyclic) bond motifs is 1. The summed E-state index contributed by atoms with van der Waals surface area (Å²) in [4.78, 5) is 6.69. The van der Waals surface area contributed by atoms with Crippen LogP contribution in [0.1, 0.15) is 81.3 Å². The molecule has 1 N–H and O–H groups in total. The fourth-order valence-electron chi connectivity index (χ4n) is 4.11. The van der Waals surface area contributed by atoms with Crippen LogP contribution in [0.15, 0.2) is 0 Å². The fraction of sp³-hybridized carbons (Fsp3) is 0.833. The zero-order valence-corrected chi connectivity index (χ0v) is 14.7. The highest BCUT2D eigenvalue weighted by Gasteiger charge is 2.39. The predicted octanol–water partition coefficient (Wildman–Crippen LogP) is 4.82. The first-order chi connectivity index (χ1) is 10.1. The maximum Gasteiger partial charge on any atom is 0.113 e. The Bertz CT molecular complexity index is 446. The lowest BCUT2D eigenvalue weighted by molar-refractivity contribution is 0.173. The Balaban J connectivity index is 1.87. The average Bonchev–Trinajstić information content (AvgIpc) is 2.92. The van der Waals surface area contributed by atoms with Gasteiger partial charge in [-0.3, -0.25) is 0 Å². The van der Waals surface area contributed by atoms with E-state index in [-0.39, 0.29) is 5.54 Å². The number of aromatic nitrogens is 1. The molecule has 0 bridgehead atoms. The molecule has 0 spiro atoms. The molecule has 0 amide bonds. The summed E-state index contributed by atoms with van der Waals surface area (Å²) < 4.78 is 0. The van der Waals surface area contributed by atoms with E-state index >= 15 is 0 Å². The molecule has 0 atom stereocenters. The third kappa shape index (κ3) is 3.19. The van der Waals surface area contributed by atoms with Gasteiger partial charge in [0.25, 0.3) is 0 Å². The van der Waals surface area contributed by atoms with Crippen LogP contribution in [0.3, 0.4) is 0 Å². The standard InChI is InChI=1S/C18H30N2S/c1-4-14-9-11-18(12-10-14,20-13(2)3)17-19-15-7-5-6-8-16(15)21-17/h13-14,20H,4-12H2,1-3H3. The lowest BCUT2D eigenvalue weighted by atomic mass is 9.75. The first-order valence-electron chi connectivity index (χ1n) is 8.89. The van der Waals surface area contributed by atoms with Crippen LogP contribution in [0.2, 0.25) is 0 Å². The molecule has 1 heterocycles. The molecule has 0 aliphatic heterocycles. The number of nitrogens with one attached hydrogen (secondary N) is 1. The maximum absolute atomic E-state index is 5.11. The second-order valence-corrected chi connectivity index (χ2v) is 8.41. The quantitative estimate of drug-likeness (QED) is 0.863. The summed E-state index contributed by atoms with van der Waals surface area (Å²) in [6.45, 7) is 6.90. The molecule has 21 heavy (non-hydrogen) atoms. The number of rotatable bonds is 4. The van der Waals surface area contributed by atoms with Gasteiger partial charge in [0.15, 0.2) is 0 Å². The zero-order valence-electron chi connectivity index (χ0n) is 13.9. The van der Waals surface area contributed by atoms with E-state index in [0.29, 0.717) is 6.04 Å². The molecule has 3 heteroatoms. The van der Waals surface area contributed by atoms with E-state index in [9.17, 15) is 0 Å². The van der Waals surface area contributed by atoms with Gasteiger partial charge in [-0.2, -0.15) is 0 Å². The van der Waals surface area contributed by atoms with Crippen LogP contribution in [-0.4, -0.2) is 11.0 Å². The largest absolute Gasteiger partial charge is 0.303 e. The van der Waals surface area contributed by atoms with E-state index in [0.717, 1.165) is 5.92 Å². The number of thiazole rings is 1. The van der Waals surface area contributed by atoms with Gasteiger partial charge in [-0.05, 0) is 71.1 Å². The fourth-order valence-corrected chi connectivity index (χ4v) is 5.47. The molecule has 1 aromatic rings. The summed E-state index contributed by atoms with van der Waals surface area (Å²) in [7, 11) is 0. The van der Waals surface area contributed by atoms with E-state index in [1.807, 2.05) is 11.3 Å². The van der Waals surface area contributed by atoms with Crippen molar-refractivity contribution in [2.45, 2.75) is 90.1 Å². The van der Waals surface area contributed by atoms with Crippen molar-refractivity contribution in [2.24, 2.45) is 5.92 Å². The monoisotopic (exact) mass is 306 g/mol. The van der Waals surface area contributed by atoms with Crippen molar-refractivity contribution in [1.29, 1.82) is 0 Å². The molecular weight excluding hydrogens is 276 g/mol. The Hall–Kier alpha value is -0.410. The lowest BCUT2D eigenvalue weighted by Crippen LogP contribution is -2.48. The molecule has 1 fully saturated rings. The van der Waals surface area contributed by atoms with Gasteiger partial charge in [-0.15, -0.1) is 11.3 Å². The van der Waals surface area contributed by atoms with E-state index < -0.39 is 0 Å². The highest BCUT2D eigenvalue weighted by Crippen LogP contribution is 2.43. The lowest BCUT2D eigenvalue weighted by Gasteiger charge is -2.41. The molecule has 0 aromatic carbocycles. The normalized spacial score (nSPS) is 29.6. The van der Waals surface area contributed by atoms with Crippen LogP contribution in [0.4, 0.5) is 0 Å². The van der Waals surface area contributed by atoms with Gasteiger partial charge >= 0.3 is 0 Å². The average molecular weight is 307 g/mol. The number of hydrogen-bond donors (Lipinski definition) is 1. The van der Waals surface area contributed by atoms with Gasteiger partial charge in [0.1, 0.15) is 5.01 Å². The van der Waals surface area contributed by atoms with Gasteiger partial charge in [-0.1, -0.05) is 13.3 Å². The van der Waals surface area contributed by atoms with Gasteiger partial charge in [0.2, 0.25) is 0 Å². The Morgan fingerprint density at radius 1 is 1.24 bits per heavy atom. The summed E-state index contributed by atoms with van der Waals surface area (Å²) in [6, 6.07) is 0.532. The third-order valence-electron chi connectivity index (χ3n) is 5.36. The topological polar surface area (TPSA) is 24.9 Å². The van der Waals surface area contributed by atoms with Crippen LogP contribution in [0.25, 0.3) is 0 Å². The molecule has 2 nitrogen and oxygen atoms in total. The summed E-state index contributed by atoms with van der Waals surface area (Å²) >= 11 is 2.02. The zero-order chi connectivity index (χ0) is 14.9. The van der Waals surface area contributed by atoms with E-state index in [1.54, 1.807) is 4.88 Å². The Labute approximate surface area is 133 Å². The van der Waals surface area contributed by atoms with Crippen molar-refractivity contribution in [3.63, 3.8) is 0 Å². The van der Waals surface area contributed by atoms with Crippen molar-refractivity contribution in [3.05, 3.63) is 15.6 Å². The molecule has 1 aromatic heterocycles. The minimum atomic E-state index is 0.168. The molecule has 118 valence electrons. The van der Waals surface area contributed by atoms with Crippen LogP contribution < -0.4 is 5.32 Å². The summed E-state index contributed by atoms with van der Waals surface area (Å²) in [5, 5.41) is 5.31. The van der Waals surface area contributed by atoms with Gasteiger partial charge in [0.05, 0.1) is 11.2 Å². The van der Waals surface area contributed by atoms with Crippen molar-refractivity contribution in [2.75, 3.05) is 0 Å². The van der Waals surface area contributed by atoms with E-state index in [4.69, 9.17) is 4.98 Å². The number of aryl methyl sites for hydroxylation is 2. The second kappa shape index (κ2) is 6.37. The van der Waals surface area contributed by atoms with Crippen molar-refractivity contribution in [1.82, 2.24) is 10.3 Å². The first kappa shape index (κ1) is 15.5. The number of hydrogen-bond acceptors (Lipinski definition) is 3. The summed E-state index contributed by atoms with van der Waals surface area (Å²) in [5.41, 5.74) is 1.59. The van der Waals surface area contributed by atoms with Crippen LogP contribution >= 0.6 is 11.3 Å². The van der Waals surface area contributed by atoms with Crippen molar-refractivity contribution >= 4 is 11.3 Å². The van der Waals surface area contributed by atoms with Crippen LogP contribution in [0, 0.1) is 5.92 Å². The van der Waals surface area contributed by atoms with Gasteiger partial charge in [-0.25, -0.2) is 4.98 Å². The molecule has 0 unspecified atom stereocenters. The van der Waals surface area contributed by atoms with Crippen molar-refractivity contribution < 1.29 is 0 Å².